The van der Waals surface area contributed by atoms with Crippen molar-refractivity contribution in [2.75, 3.05) is 13.1 Å². The lowest BCUT2D eigenvalue weighted by atomic mass is 9.94. The van der Waals surface area contributed by atoms with E-state index in [1.54, 1.807) is 0 Å². The summed E-state index contributed by atoms with van der Waals surface area (Å²) in [5.41, 5.74) is 5.41. The van der Waals surface area contributed by atoms with E-state index in [1.165, 1.54) is 6.42 Å². The third kappa shape index (κ3) is 12.6. The molecule has 2 unspecified atom stereocenters. The number of rotatable bonds is 7. The predicted octanol–water partition coefficient (Wildman–Crippen LogP) is 1.54. The highest BCUT2D eigenvalue weighted by Crippen LogP contribution is 2.18. The predicted molar refractivity (Wildman–Crippen MR) is 89.5 cm³/mol. The molecule has 0 saturated carbocycles. The minimum atomic E-state index is -0.749. The van der Waals surface area contributed by atoms with Gasteiger partial charge in [-0.25, -0.2) is 0 Å². The van der Waals surface area contributed by atoms with Gasteiger partial charge in [-0.15, -0.1) is 0 Å². The van der Waals surface area contributed by atoms with Crippen molar-refractivity contribution >= 4 is 11.9 Å². The summed E-state index contributed by atoms with van der Waals surface area (Å²) in [6.45, 7) is 9.92. The molecule has 22 heavy (non-hydrogen) atoms. The first-order valence-electron chi connectivity index (χ1n) is 7.93. The van der Waals surface area contributed by atoms with Gasteiger partial charge in [0.1, 0.15) is 0 Å². The number of aliphatic carboxylic acids is 1. The van der Waals surface area contributed by atoms with Gasteiger partial charge < -0.3 is 21.6 Å². The molecule has 1 fully saturated rings. The van der Waals surface area contributed by atoms with Gasteiger partial charge in [-0.2, -0.15) is 0 Å². The molecule has 0 aromatic carbocycles. The van der Waals surface area contributed by atoms with Gasteiger partial charge in [-0.05, 0) is 43.1 Å². The van der Waals surface area contributed by atoms with Crippen molar-refractivity contribution in [3.05, 3.63) is 0 Å². The second-order valence-electron chi connectivity index (χ2n) is 6.83. The highest BCUT2D eigenvalue weighted by atomic mass is 16.4. The van der Waals surface area contributed by atoms with Gasteiger partial charge in [-0.3, -0.25) is 9.59 Å². The summed E-state index contributed by atoms with van der Waals surface area (Å²) in [5, 5.41) is 11.3. The van der Waals surface area contributed by atoms with Gasteiger partial charge in [0.05, 0.1) is 0 Å². The monoisotopic (exact) mass is 319 g/mol. The Balaban J connectivity index is -0.000000321. The Labute approximate surface area is 135 Å². The number of hydrogen-bond acceptors (Lipinski definition) is 3. The van der Waals surface area contributed by atoms with Gasteiger partial charge in [0.25, 0.3) is 0 Å². The molecule has 6 heteroatoms. The summed E-state index contributed by atoms with van der Waals surface area (Å²) < 4.78 is 0. The van der Waals surface area contributed by atoms with Crippen molar-refractivity contribution < 1.29 is 21.6 Å². The van der Waals surface area contributed by atoms with Gasteiger partial charge >= 0.3 is 7.40 Å². The Morgan fingerprint density at radius 3 is 2.27 bits per heavy atom. The molecule has 1 saturated heterocycles. The van der Waals surface area contributed by atoms with E-state index in [2.05, 4.69) is 33.0 Å². The van der Waals surface area contributed by atoms with Crippen LogP contribution in [-0.2, 0) is 9.59 Å². The van der Waals surface area contributed by atoms with Crippen LogP contribution in [0.5, 0.6) is 0 Å². The molecule has 6 N–H and O–H groups in total. The van der Waals surface area contributed by atoms with Crippen molar-refractivity contribution in [1.82, 2.24) is 5.32 Å². The summed E-state index contributed by atoms with van der Waals surface area (Å²) in [4.78, 5) is 21.0. The lowest BCUT2D eigenvalue weighted by Gasteiger charge is -2.13. The molecule has 0 radical (unpaired) electrons. The van der Waals surface area contributed by atoms with E-state index in [-0.39, 0.29) is 25.1 Å². The van der Waals surface area contributed by atoms with Gasteiger partial charge in [0.2, 0.25) is 5.91 Å². The van der Waals surface area contributed by atoms with Crippen LogP contribution in [0.2, 0.25) is 0 Å². The van der Waals surface area contributed by atoms with Crippen LogP contribution in [0.25, 0.3) is 0 Å². The lowest BCUT2D eigenvalue weighted by molar-refractivity contribution is -0.138. The van der Waals surface area contributed by atoms with Crippen molar-refractivity contribution in [3.8, 4) is 0 Å². The van der Waals surface area contributed by atoms with Crippen molar-refractivity contribution in [1.29, 1.82) is 0 Å². The molecule has 0 spiro atoms. The maximum Gasteiger partial charge on any atom is 1.00 e. The highest BCUT2D eigenvalue weighted by molar-refractivity contribution is 5.78. The summed E-state index contributed by atoms with van der Waals surface area (Å²) in [7, 11) is 0. The number of carboxylic acids is 1. The molecule has 0 aromatic heterocycles. The maximum atomic E-state index is 10.7. The fourth-order valence-electron chi connectivity index (χ4n) is 2.67. The van der Waals surface area contributed by atoms with Crippen LogP contribution in [0.15, 0.2) is 0 Å². The Morgan fingerprint density at radius 1 is 1.36 bits per heavy atom. The zero-order chi connectivity index (χ0) is 16.4. The summed E-state index contributed by atoms with van der Waals surface area (Å²) in [5.74, 6) is 1.48. The summed E-state index contributed by atoms with van der Waals surface area (Å²) in [6, 6.07) is 0. The van der Waals surface area contributed by atoms with Crippen LogP contribution in [-0.4, -0.2) is 35.5 Å². The van der Waals surface area contributed by atoms with E-state index in [0.717, 1.165) is 25.3 Å². The van der Waals surface area contributed by atoms with E-state index < -0.39 is 5.97 Å². The first kappa shape index (κ1) is 23.1. The average Bonchev–Trinajstić information content (AvgIpc) is 2.72. The molecule has 1 rings (SSSR count). The molecule has 0 bridgehead atoms. The second-order valence-corrected chi connectivity index (χ2v) is 6.83. The number of hydrogen-bond donors (Lipinski definition) is 3. The van der Waals surface area contributed by atoms with E-state index in [4.69, 9.17) is 10.8 Å². The second kappa shape index (κ2) is 12.4. The lowest BCUT2D eigenvalue weighted by Crippen LogP contribution is -2.19. The van der Waals surface area contributed by atoms with E-state index in [9.17, 15) is 9.59 Å². The number of nitrogens with one attached hydrogen (secondary N) is 1. The smallest absolute Gasteiger partial charge is 0.481 e. The van der Waals surface area contributed by atoms with Crippen LogP contribution in [0.4, 0.5) is 0 Å². The molecular formula is C16H35N2O4+. The molecular weight excluding hydrogens is 284 g/mol. The number of carbonyl (C=O) groups excluding carboxylic acids is 1. The Morgan fingerprint density at radius 2 is 1.95 bits per heavy atom. The molecule has 6 nitrogen and oxygen atoms in total. The number of nitrogens with two attached hydrogens (primary N) is 1. The summed E-state index contributed by atoms with van der Waals surface area (Å²) >= 11 is 0. The van der Waals surface area contributed by atoms with Crippen molar-refractivity contribution in [3.63, 3.8) is 0 Å². The fraction of sp³-hybridized carbons (Fsp3) is 0.875. The van der Waals surface area contributed by atoms with Gasteiger partial charge in [0.15, 0.2) is 0 Å². The molecule has 1 aliphatic heterocycles. The van der Waals surface area contributed by atoms with Crippen molar-refractivity contribution in [2.24, 2.45) is 29.4 Å². The molecule has 2 atom stereocenters. The van der Waals surface area contributed by atoms with Crippen LogP contribution in [0, 0.1) is 23.7 Å². The van der Waals surface area contributed by atoms with E-state index in [0.29, 0.717) is 18.4 Å². The Hall–Kier alpha value is -1.14. The molecule has 0 aliphatic carbocycles. The molecule has 132 valence electrons. The van der Waals surface area contributed by atoms with Gasteiger partial charge in [-0.1, -0.05) is 27.7 Å². The molecule has 1 aliphatic rings. The molecule has 1 amide bonds. The molecule has 0 aromatic rings. The minimum absolute atomic E-state index is 0. The third-order valence-corrected chi connectivity index (χ3v) is 3.47. The fourth-order valence-corrected chi connectivity index (χ4v) is 2.67. The SMILES string of the molecule is CC(C)CC(CN)CC(=O)O.CC(C)CC1CNC(=O)C1.O.[H+]. The number of carboxylic acid groups (broad SMARTS) is 1. The van der Waals surface area contributed by atoms with Crippen LogP contribution in [0.3, 0.4) is 0 Å². The highest BCUT2D eigenvalue weighted by Gasteiger charge is 2.21. The Bertz CT molecular complexity index is 325. The first-order valence-corrected chi connectivity index (χ1v) is 7.93. The Kier molecular flexibility index (Phi) is 13.0. The minimum Gasteiger partial charge on any atom is -0.481 e. The zero-order valence-electron chi connectivity index (χ0n) is 15.4. The largest absolute Gasteiger partial charge is 1.00 e. The topological polar surface area (TPSA) is 124 Å². The van der Waals surface area contributed by atoms with Crippen LogP contribution >= 0.6 is 0 Å². The van der Waals surface area contributed by atoms with E-state index in [1.807, 2.05) is 0 Å². The first-order chi connectivity index (χ1) is 9.74. The zero-order valence-corrected chi connectivity index (χ0v) is 14.4. The van der Waals surface area contributed by atoms with Crippen LogP contribution in [0.1, 0.15) is 54.8 Å². The number of carbonyl (C=O) groups is 2. The third-order valence-electron chi connectivity index (χ3n) is 3.47. The van der Waals surface area contributed by atoms with Gasteiger partial charge in [0, 0.05) is 19.4 Å². The summed E-state index contributed by atoms with van der Waals surface area (Å²) in [6.07, 6.45) is 3.04. The van der Waals surface area contributed by atoms with Crippen molar-refractivity contribution in [2.45, 2.75) is 53.4 Å². The quantitative estimate of drug-likeness (QED) is 0.658. The number of amides is 1. The van der Waals surface area contributed by atoms with Crippen LogP contribution < -0.4 is 11.1 Å². The molecule has 1 heterocycles. The normalized spacial score (nSPS) is 18.3. The standard InChI is InChI=1S/C8H17NO2.C8H15NO.H2O/c1-6(2)3-7(5-9)4-8(10)11;1-6(2)3-7-4-8(10)9-5-7;/h6-7H,3-5,9H2,1-2H3,(H,10,11);6-7H,3-5H2,1-2H3,(H,9,10);1H2/p+1. The maximum absolute atomic E-state index is 10.7. The van der Waals surface area contributed by atoms with E-state index >= 15 is 0 Å². The average molecular weight is 319 g/mol.